The molecular weight excluding hydrogens is 429 g/mol. The Kier molecular flexibility index (Phi) is 7.70. The van der Waals surface area contributed by atoms with Crippen molar-refractivity contribution < 1.29 is 14.0 Å². The molecule has 34 heavy (non-hydrogen) atoms. The number of carbonyl (C=O) groups excluding carboxylic acids is 2. The first-order chi connectivity index (χ1) is 16.5. The molecular formula is C28H30FN3O2. The van der Waals surface area contributed by atoms with Gasteiger partial charge in [-0.15, -0.1) is 0 Å². The van der Waals surface area contributed by atoms with Crippen molar-refractivity contribution in [3.63, 3.8) is 0 Å². The molecule has 1 aliphatic carbocycles. The van der Waals surface area contributed by atoms with E-state index in [4.69, 9.17) is 0 Å². The van der Waals surface area contributed by atoms with Crippen LogP contribution in [0.1, 0.15) is 53.2 Å². The molecule has 2 amide bonds. The van der Waals surface area contributed by atoms with Crippen molar-refractivity contribution in [2.24, 2.45) is 0 Å². The molecule has 1 atom stereocenters. The van der Waals surface area contributed by atoms with Gasteiger partial charge in [0.15, 0.2) is 0 Å². The van der Waals surface area contributed by atoms with Gasteiger partial charge in [-0.3, -0.25) is 14.5 Å². The minimum absolute atomic E-state index is 0.0928. The van der Waals surface area contributed by atoms with Crippen LogP contribution in [0.5, 0.6) is 0 Å². The maximum absolute atomic E-state index is 13.5. The fourth-order valence-corrected chi connectivity index (χ4v) is 4.61. The molecule has 0 aliphatic heterocycles. The maximum atomic E-state index is 13.5. The van der Waals surface area contributed by atoms with E-state index in [9.17, 15) is 14.0 Å². The summed E-state index contributed by atoms with van der Waals surface area (Å²) < 4.78 is 13.5. The maximum Gasteiger partial charge on any atom is 0.253 e. The summed E-state index contributed by atoms with van der Waals surface area (Å²) in [6.45, 7) is 0.0928. The summed E-state index contributed by atoms with van der Waals surface area (Å²) in [5.41, 5.74) is 2.85. The highest BCUT2D eigenvalue weighted by Crippen LogP contribution is 2.28. The number of hydrogen-bond donors (Lipinski definition) is 2. The molecule has 0 spiro atoms. The third kappa shape index (κ3) is 5.88. The average Bonchev–Trinajstić information content (AvgIpc) is 3.34. The van der Waals surface area contributed by atoms with Crippen LogP contribution < -0.4 is 10.6 Å². The van der Waals surface area contributed by atoms with Gasteiger partial charge < -0.3 is 10.6 Å². The molecule has 3 aromatic carbocycles. The van der Waals surface area contributed by atoms with Gasteiger partial charge in [-0.2, -0.15) is 0 Å². The van der Waals surface area contributed by atoms with E-state index in [2.05, 4.69) is 10.6 Å². The van der Waals surface area contributed by atoms with E-state index in [1.54, 1.807) is 36.4 Å². The van der Waals surface area contributed by atoms with E-state index in [0.29, 0.717) is 11.3 Å². The number of hydrogen-bond acceptors (Lipinski definition) is 3. The second-order valence-electron chi connectivity index (χ2n) is 8.83. The van der Waals surface area contributed by atoms with Crippen LogP contribution in [-0.4, -0.2) is 36.3 Å². The van der Waals surface area contributed by atoms with E-state index in [1.165, 1.54) is 12.1 Å². The number of amides is 2. The number of carbonyl (C=O) groups is 2. The topological polar surface area (TPSA) is 61.4 Å². The first-order valence-electron chi connectivity index (χ1n) is 11.7. The number of rotatable bonds is 8. The fourth-order valence-electron chi connectivity index (χ4n) is 4.61. The number of anilines is 1. The van der Waals surface area contributed by atoms with E-state index in [-0.39, 0.29) is 36.3 Å². The van der Waals surface area contributed by atoms with Gasteiger partial charge in [-0.1, -0.05) is 67.4 Å². The van der Waals surface area contributed by atoms with Crippen LogP contribution in [0.4, 0.5) is 10.1 Å². The molecule has 0 bridgehead atoms. The third-order valence-corrected chi connectivity index (χ3v) is 6.27. The Morgan fingerprint density at radius 2 is 1.53 bits per heavy atom. The summed E-state index contributed by atoms with van der Waals surface area (Å²) in [7, 11) is 1.86. The predicted octanol–water partition coefficient (Wildman–Crippen LogP) is 5.16. The van der Waals surface area contributed by atoms with Gasteiger partial charge in [-0.25, -0.2) is 4.39 Å². The first-order valence-corrected chi connectivity index (χ1v) is 11.7. The lowest BCUT2D eigenvalue weighted by molar-refractivity contribution is -0.117. The molecule has 1 saturated carbocycles. The Hall–Kier alpha value is -3.51. The third-order valence-electron chi connectivity index (χ3n) is 6.27. The molecule has 3 aromatic rings. The van der Waals surface area contributed by atoms with Gasteiger partial charge in [0, 0.05) is 6.04 Å². The van der Waals surface area contributed by atoms with Gasteiger partial charge in [0.25, 0.3) is 5.91 Å². The zero-order valence-electron chi connectivity index (χ0n) is 19.3. The normalized spacial score (nSPS) is 14.7. The Morgan fingerprint density at radius 3 is 2.24 bits per heavy atom. The minimum Gasteiger partial charge on any atom is -0.349 e. The molecule has 6 heteroatoms. The quantitative estimate of drug-likeness (QED) is 0.489. The Bertz CT molecular complexity index is 1110. The molecule has 0 aromatic heterocycles. The number of nitrogens with zero attached hydrogens (tertiary/aromatic N) is 1. The van der Waals surface area contributed by atoms with Crippen molar-refractivity contribution in [3.8, 4) is 0 Å². The first kappa shape index (κ1) is 23.6. The van der Waals surface area contributed by atoms with Gasteiger partial charge in [0.05, 0.1) is 23.8 Å². The molecule has 5 nitrogen and oxygen atoms in total. The molecule has 0 radical (unpaired) electrons. The number of para-hydroxylation sites is 1. The Morgan fingerprint density at radius 1 is 0.912 bits per heavy atom. The number of likely N-dealkylation sites (N-methyl/N-ethyl adjacent to an activating group) is 1. The van der Waals surface area contributed by atoms with E-state index < -0.39 is 0 Å². The molecule has 1 fully saturated rings. The lowest BCUT2D eigenvalue weighted by atomic mass is 9.97. The van der Waals surface area contributed by atoms with Gasteiger partial charge in [0.1, 0.15) is 5.82 Å². The lowest BCUT2D eigenvalue weighted by Gasteiger charge is -2.28. The predicted molar refractivity (Wildman–Crippen MR) is 132 cm³/mol. The number of nitrogens with one attached hydrogen (secondary N) is 2. The standard InChI is InChI=1S/C28H30FN3O2/c1-32(27(20-9-3-2-4-10-20)21-15-17-22(29)18-16-21)19-26(33)31-25-14-8-7-13-24(25)28(34)30-23-11-5-6-12-23/h2-4,7-10,13-18,23,27H,5-6,11-12,19H2,1H3,(H,30,34)(H,31,33). The molecule has 1 aliphatic rings. The zero-order chi connectivity index (χ0) is 23.9. The van der Waals surface area contributed by atoms with Crippen molar-refractivity contribution in [1.82, 2.24) is 10.2 Å². The Balaban J connectivity index is 1.48. The van der Waals surface area contributed by atoms with Crippen LogP contribution in [-0.2, 0) is 4.79 Å². The molecule has 0 heterocycles. The summed E-state index contributed by atoms with van der Waals surface area (Å²) in [4.78, 5) is 27.8. The van der Waals surface area contributed by atoms with Crippen LogP contribution in [0.2, 0.25) is 0 Å². The monoisotopic (exact) mass is 459 g/mol. The molecule has 0 saturated heterocycles. The van der Waals surface area contributed by atoms with Crippen molar-refractivity contribution in [3.05, 3.63) is 101 Å². The lowest BCUT2D eigenvalue weighted by Crippen LogP contribution is -2.35. The van der Waals surface area contributed by atoms with E-state index in [0.717, 1.165) is 36.8 Å². The zero-order valence-corrected chi connectivity index (χ0v) is 19.3. The van der Waals surface area contributed by atoms with Gasteiger partial charge >= 0.3 is 0 Å². The fraction of sp³-hybridized carbons (Fsp3) is 0.286. The summed E-state index contributed by atoms with van der Waals surface area (Å²) in [6, 6.07) is 23.2. The van der Waals surface area contributed by atoms with E-state index in [1.807, 2.05) is 42.3 Å². The van der Waals surface area contributed by atoms with Crippen LogP contribution >= 0.6 is 0 Å². The average molecular weight is 460 g/mol. The van der Waals surface area contributed by atoms with Crippen LogP contribution in [0, 0.1) is 5.82 Å². The van der Waals surface area contributed by atoms with Crippen molar-refractivity contribution in [2.75, 3.05) is 18.9 Å². The number of halogens is 1. The summed E-state index contributed by atoms with van der Waals surface area (Å²) in [6.07, 6.45) is 4.25. The minimum atomic E-state index is -0.302. The summed E-state index contributed by atoms with van der Waals surface area (Å²) in [5.74, 6) is -0.695. The van der Waals surface area contributed by atoms with Crippen molar-refractivity contribution >= 4 is 17.5 Å². The molecule has 4 rings (SSSR count). The Labute approximate surface area is 200 Å². The van der Waals surface area contributed by atoms with Crippen LogP contribution in [0.3, 0.4) is 0 Å². The van der Waals surface area contributed by atoms with Crippen LogP contribution in [0.25, 0.3) is 0 Å². The second-order valence-corrected chi connectivity index (χ2v) is 8.83. The number of benzene rings is 3. The highest BCUT2D eigenvalue weighted by Gasteiger charge is 2.23. The molecule has 176 valence electrons. The van der Waals surface area contributed by atoms with E-state index >= 15 is 0 Å². The SMILES string of the molecule is CN(CC(=O)Nc1ccccc1C(=O)NC1CCCC1)C(c1ccccc1)c1ccc(F)cc1. The molecule has 1 unspecified atom stereocenters. The van der Waals surface area contributed by atoms with Gasteiger partial charge in [0.2, 0.25) is 5.91 Å². The second kappa shape index (κ2) is 11.1. The largest absolute Gasteiger partial charge is 0.349 e. The van der Waals surface area contributed by atoms with Gasteiger partial charge in [-0.05, 0) is 55.3 Å². The highest BCUT2D eigenvalue weighted by atomic mass is 19.1. The van der Waals surface area contributed by atoms with Crippen molar-refractivity contribution in [2.45, 2.75) is 37.8 Å². The van der Waals surface area contributed by atoms with Crippen molar-refractivity contribution in [1.29, 1.82) is 0 Å². The smallest absolute Gasteiger partial charge is 0.253 e. The summed E-state index contributed by atoms with van der Waals surface area (Å²) >= 11 is 0. The molecule has 2 N–H and O–H groups in total. The summed E-state index contributed by atoms with van der Waals surface area (Å²) in [5, 5.41) is 6.00. The highest BCUT2D eigenvalue weighted by molar-refractivity contribution is 6.04. The van der Waals surface area contributed by atoms with Crippen LogP contribution in [0.15, 0.2) is 78.9 Å².